The third-order valence-electron chi connectivity index (χ3n) is 4.08. The van der Waals surface area contributed by atoms with Crippen molar-refractivity contribution in [1.82, 2.24) is 5.32 Å². The minimum atomic E-state index is -0.170. The Labute approximate surface area is 110 Å². The van der Waals surface area contributed by atoms with Crippen LogP contribution in [0.25, 0.3) is 0 Å². The van der Waals surface area contributed by atoms with E-state index in [4.69, 9.17) is 0 Å². The van der Waals surface area contributed by atoms with Gasteiger partial charge in [-0.2, -0.15) is 0 Å². The molecule has 0 heterocycles. The summed E-state index contributed by atoms with van der Waals surface area (Å²) in [5.74, 6) is 0. The summed E-state index contributed by atoms with van der Waals surface area (Å²) in [6.45, 7) is 4.36. The molecule has 1 unspecified atom stereocenters. The molecule has 18 heavy (non-hydrogen) atoms. The SMILES string of the molecule is CCc1ccc(C(C)N[C@H]2CCCC[C@@H]2O)cc1. The fraction of sp³-hybridized carbons (Fsp3) is 0.625. The lowest BCUT2D eigenvalue weighted by atomic mass is 9.91. The molecule has 0 amide bonds. The van der Waals surface area contributed by atoms with Crippen molar-refractivity contribution in [2.24, 2.45) is 0 Å². The van der Waals surface area contributed by atoms with Gasteiger partial charge in [0.25, 0.3) is 0 Å². The van der Waals surface area contributed by atoms with E-state index in [-0.39, 0.29) is 12.1 Å². The van der Waals surface area contributed by atoms with Gasteiger partial charge in [-0.25, -0.2) is 0 Å². The van der Waals surface area contributed by atoms with Crippen LogP contribution in [0, 0.1) is 0 Å². The number of nitrogens with one attached hydrogen (secondary N) is 1. The van der Waals surface area contributed by atoms with Gasteiger partial charge in [-0.15, -0.1) is 0 Å². The zero-order chi connectivity index (χ0) is 13.0. The molecule has 0 saturated heterocycles. The Kier molecular flexibility index (Phi) is 4.79. The third-order valence-corrected chi connectivity index (χ3v) is 4.08. The molecule has 1 fully saturated rings. The van der Waals surface area contributed by atoms with Gasteiger partial charge in [0.05, 0.1) is 6.10 Å². The van der Waals surface area contributed by atoms with Gasteiger partial charge in [-0.3, -0.25) is 0 Å². The van der Waals surface area contributed by atoms with Crippen LogP contribution in [0.2, 0.25) is 0 Å². The highest BCUT2D eigenvalue weighted by molar-refractivity contribution is 5.24. The summed E-state index contributed by atoms with van der Waals surface area (Å²) in [4.78, 5) is 0. The smallest absolute Gasteiger partial charge is 0.0693 e. The Morgan fingerprint density at radius 3 is 2.50 bits per heavy atom. The summed E-state index contributed by atoms with van der Waals surface area (Å²) in [5.41, 5.74) is 2.69. The van der Waals surface area contributed by atoms with E-state index in [9.17, 15) is 5.11 Å². The lowest BCUT2D eigenvalue weighted by molar-refractivity contribution is 0.0860. The molecule has 1 aromatic rings. The zero-order valence-corrected chi connectivity index (χ0v) is 11.5. The van der Waals surface area contributed by atoms with Gasteiger partial charge < -0.3 is 10.4 Å². The normalized spacial score (nSPS) is 25.9. The molecule has 2 N–H and O–H groups in total. The molecule has 1 aromatic carbocycles. The van der Waals surface area contributed by atoms with Gasteiger partial charge >= 0.3 is 0 Å². The second kappa shape index (κ2) is 6.35. The van der Waals surface area contributed by atoms with Gasteiger partial charge in [0.1, 0.15) is 0 Å². The van der Waals surface area contributed by atoms with Crippen molar-refractivity contribution in [2.75, 3.05) is 0 Å². The van der Waals surface area contributed by atoms with E-state index < -0.39 is 0 Å². The highest BCUT2D eigenvalue weighted by atomic mass is 16.3. The highest BCUT2D eigenvalue weighted by Crippen LogP contribution is 2.22. The minimum absolute atomic E-state index is 0.170. The number of hydrogen-bond donors (Lipinski definition) is 2. The third kappa shape index (κ3) is 3.33. The molecule has 1 aliphatic rings. The molecule has 1 aliphatic carbocycles. The maximum absolute atomic E-state index is 9.98. The first kappa shape index (κ1) is 13.6. The fourth-order valence-corrected chi connectivity index (χ4v) is 2.77. The van der Waals surface area contributed by atoms with Crippen LogP contribution in [0.4, 0.5) is 0 Å². The Hall–Kier alpha value is -0.860. The van der Waals surface area contributed by atoms with E-state index in [1.807, 2.05) is 0 Å². The molecular weight excluding hydrogens is 222 g/mol. The number of aryl methyl sites for hydroxylation is 1. The molecule has 0 bridgehead atoms. The molecular formula is C16H25NO. The number of aliphatic hydroxyl groups excluding tert-OH is 1. The van der Waals surface area contributed by atoms with Crippen molar-refractivity contribution in [1.29, 1.82) is 0 Å². The second-order valence-electron chi connectivity index (χ2n) is 5.44. The highest BCUT2D eigenvalue weighted by Gasteiger charge is 2.24. The molecule has 2 nitrogen and oxygen atoms in total. The predicted octanol–water partition coefficient (Wildman–Crippen LogP) is 3.20. The van der Waals surface area contributed by atoms with Crippen LogP contribution in [0.1, 0.15) is 56.7 Å². The van der Waals surface area contributed by atoms with Gasteiger partial charge in [0.2, 0.25) is 0 Å². The minimum Gasteiger partial charge on any atom is -0.392 e. The van der Waals surface area contributed by atoms with Crippen LogP contribution in [0.5, 0.6) is 0 Å². The van der Waals surface area contributed by atoms with Crippen molar-refractivity contribution in [3.63, 3.8) is 0 Å². The van der Waals surface area contributed by atoms with E-state index in [0.717, 1.165) is 19.3 Å². The summed E-state index contributed by atoms with van der Waals surface area (Å²) < 4.78 is 0. The summed E-state index contributed by atoms with van der Waals surface area (Å²) >= 11 is 0. The van der Waals surface area contributed by atoms with Gasteiger partial charge in [0.15, 0.2) is 0 Å². The van der Waals surface area contributed by atoms with E-state index >= 15 is 0 Å². The van der Waals surface area contributed by atoms with Crippen molar-refractivity contribution in [3.8, 4) is 0 Å². The molecule has 0 radical (unpaired) electrons. The standard InChI is InChI=1S/C16H25NO/c1-3-13-8-10-14(11-9-13)12(2)17-15-6-4-5-7-16(15)18/h8-12,15-18H,3-7H2,1-2H3/t12?,15-,16-/m0/s1. The molecule has 2 heteroatoms. The quantitative estimate of drug-likeness (QED) is 0.856. The molecule has 0 spiro atoms. The topological polar surface area (TPSA) is 32.3 Å². The number of hydrogen-bond acceptors (Lipinski definition) is 2. The summed E-state index contributed by atoms with van der Waals surface area (Å²) in [6.07, 6.45) is 5.35. The van der Waals surface area contributed by atoms with Crippen molar-refractivity contribution >= 4 is 0 Å². The van der Waals surface area contributed by atoms with Gasteiger partial charge in [-0.05, 0) is 37.3 Å². The molecule has 100 valence electrons. The van der Waals surface area contributed by atoms with Gasteiger partial charge in [-0.1, -0.05) is 44.0 Å². The number of aliphatic hydroxyl groups is 1. The largest absolute Gasteiger partial charge is 0.392 e. The van der Waals surface area contributed by atoms with Crippen molar-refractivity contribution in [3.05, 3.63) is 35.4 Å². The molecule has 1 saturated carbocycles. The molecule has 0 aliphatic heterocycles. The van der Waals surface area contributed by atoms with Crippen LogP contribution >= 0.6 is 0 Å². The Morgan fingerprint density at radius 1 is 1.22 bits per heavy atom. The van der Waals surface area contributed by atoms with Crippen LogP contribution in [0.15, 0.2) is 24.3 Å². The Morgan fingerprint density at radius 2 is 1.89 bits per heavy atom. The summed E-state index contributed by atoms with van der Waals surface area (Å²) in [6, 6.07) is 9.38. The van der Waals surface area contributed by atoms with Crippen LogP contribution in [-0.2, 0) is 6.42 Å². The first-order valence-corrected chi connectivity index (χ1v) is 7.23. The predicted molar refractivity (Wildman–Crippen MR) is 75.6 cm³/mol. The van der Waals surface area contributed by atoms with E-state index in [1.54, 1.807) is 0 Å². The van der Waals surface area contributed by atoms with Gasteiger partial charge in [0, 0.05) is 12.1 Å². The molecule has 0 aromatic heterocycles. The van der Waals surface area contributed by atoms with Crippen molar-refractivity contribution < 1.29 is 5.11 Å². The molecule has 3 atom stereocenters. The first-order chi connectivity index (χ1) is 8.70. The van der Waals surface area contributed by atoms with Crippen LogP contribution in [0.3, 0.4) is 0 Å². The first-order valence-electron chi connectivity index (χ1n) is 7.23. The average molecular weight is 247 g/mol. The fourth-order valence-electron chi connectivity index (χ4n) is 2.77. The Balaban J connectivity index is 1.95. The van der Waals surface area contributed by atoms with Crippen molar-refractivity contribution in [2.45, 2.75) is 64.1 Å². The second-order valence-corrected chi connectivity index (χ2v) is 5.44. The maximum Gasteiger partial charge on any atom is 0.0693 e. The Bertz CT molecular complexity index is 360. The summed E-state index contributed by atoms with van der Waals surface area (Å²) in [7, 11) is 0. The summed E-state index contributed by atoms with van der Waals surface area (Å²) in [5, 5.41) is 13.6. The maximum atomic E-state index is 9.98. The molecule has 2 rings (SSSR count). The lowest BCUT2D eigenvalue weighted by Gasteiger charge is -2.31. The van der Waals surface area contributed by atoms with Crippen LogP contribution < -0.4 is 5.32 Å². The van der Waals surface area contributed by atoms with Crippen LogP contribution in [-0.4, -0.2) is 17.3 Å². The van der Waals surface area contributed by atoms with E-state index in [2.05, 4.69) is 43.4 Å². The average Bonchev–Trinajstić information content (AvgIpc) is 2.41. The van der Waals surface area contributed by atoms with E-state index in [1.165, 1.54) is 24.0 Å². The zero-order valence-electron chi connectivity index (χ0n) is 11.5. The monoisotopic (exact) mass is 247 g/mol. The van der Waals surface area contributed by atoms with E-state index in [0.29, 0.717) is 6.04 Å². The number of benzene rings is 1. The lowest BCUT2D eigenvalue weighted by Crippen LogP contribution is -2.43. The number of rotatable bonds is 4.